The molecule has 2 rings (SSSR count). The standard InChI is InChI=1S/C19H29N3O2/c1-13(2)16-7-5-6-8-17(16)21-18(23)15-9-11-22(12-10-15)19(24)20-14(3)4/h5-8,13-15H,9-12H2,1-4H3,(H,20,24)(H,21,23). The van der Waals surface area contributed by atoms with Gasteiger partial charge in [-0.1, -0.05) is 32.0 Å². The van der Waals surface area contributed by atoms with Crippen molar-refractivity contribution in [3.63, 3.8) is 0 Å². The van der Waals surface area contributed by atoms with Gasteiger partial charge in [0, 0.05) is 30.7 Å². The highest BCUT2D eigenvalue weighted by molar-refractivity contribution is 5.93. The normalized spacial score (nSPS) is 15.7. The molecule has 5 heteroatoms. The van der Waals surface area contributed by atoms with Gasteiger partial charge in [-0.05, 0) is 44.2 Å². The highest BCUT2D eigenvalue weighted by atomic mass is 16.2. The second-order valence-corrected chi connectivity index (χ2v) is 7.10. The van der Waals surface area contributed by atoms with Crippen molar-refractivity contribution in [1.82, 2.24) is 10.2 Å². The predicted octanol–water partition coefficient (Wildman–Crippen LogP) is 3.58. The minimum absolute atomic E-state index is 0.0333. The van der Waals surface area contributed by atoms with Gasteiger partial charge in [0.15, 0.2) is 0 Å². The summed E-state index contributed by atoms with van der Waals surface area (Å²) in [6, 6.07) is 8.05. The molecule has 132 valence electrons. The summed E-state index contributed by atoms with van der Waals surface area (Å²) in [4.78, 5) is 26.4. The lowest BCUT2D eigenvalue weighted by Crippen LogP contribution is -2.47. The first-order valence-electron chi connectivity index (χ1n) is 8.83. The number of piperidine rings is 1. The minimum atomic E-state index is -0.0340. The summed E-state index contributed by atoms with van der Waals surface area (Å²) in [5.41, 5.74) is 2.05. The molecule has 1 saturated heterocycles. The van der Waals surface area contributed by atoms with Crippen LogP contribution in [0.25, 0.3) is 0 Å². The Balaban J connectivity index is 1.91. The van der Waals surface area contributed by atoms with E-state index >= 15 is 0 Å². The second-order valence-electron chi connectivity index (χ2n) is 7.10. The summed E-state index contributed by atoms with van der Waals surface area (Å²) in [5, 5.41) is 5.98. The number of nitrogens with one attached hydrogen (secondary N) is 2. The third kappa shape index (κ3) is 4.73. The van der Waals surface area contributed by atoms with Crippen molar-refractivity contribution in [2.75, 3.05) is 18.4 Å². The van der Waals surface area contributed by atoms with Gasteiger partial charge < -0.3 is 15.5 Å². The zero-order chi connectivity index (χ0) is 17.7. The number of likely N-dealkylation sites (tertiary alicyclic amines) is 1. The quantitative estimate of drug-likeness (QED) is 0.886. The Morgan fingerprint density at radius 3 is 2.29 bits per heavy atom. The number of rotatable bonds is 4. The van der Waals surface area contributed by atoms with E-state index in [2.05, 4.69) is 30.5 Å². The molecule has 1 heterocycles. The van der Waals surface area contributed by atoms with Crippen molar-refractivity contribution in [2.45, 2.75) is 52.5 Å². The molecule has 1 fully saturated rings. The largest absolute Gasteiger partial charge is 0.336 e. The Bertz CT molecular complexity index is 576. The third-order valence-corrected chi connectivity index (χ3v) is 4.41. The molecule has 1 aliphatic heterocycles. The fourth-order valence-corrected chi connectivity index (χ4v) is 3.03. The van der Waals surface area contributed by atoms with E-state index in [4.69, 9.17) is 0 Å². The molecule has 5 nitrogen and oxygen atoms in total. The summed E-state index contributed by atoms with van der Waals surface area (Å²) in [6.07, 6.45) is 1.42. The SMILES string of the molecule is CC(C)NC(=O)N1CCC(C(=O)Nc2ccccc2C(C)C)CC1. The molecule has 1 aromatic rings. The Hall–Kier alpha value is -2.04. The molecule has 0 spiro atoms. The topological polar surface area (TPSA) is 61.4 Å². The maximum Gasteiger partial charge on any atom is 0.317 e. The fraction of sp³-hybridized carbons (Fsp3) is 0.579. The zero-order valence-electron chi connectivity index (χ0n) is 15.1. The molecule has 2 N–H and O–H groups in total. The molecule has 0 bridgehead atoms. The summed E-state index contributed by atoms with van der Waals surface area (Å²) in [5.74, 6) is 0.392. The predicted molar refractivity (Wildman–Crippen MR) is 97.1 cm³/mol. The first kappa shape index (κ1) is 18.3. The third-order valence-electron chi connectivity index (χ3n) is 4.41. The number of hydrogen-bond acceptors (Lipinski definition) is 2. The van der Waals surface area contributed by atoms with Crippen molar-refractivity contribution in [3.8, 4) is 0 Å². The van der Waals surface area contributed by atoms with Gasteiger partial charge in [-0.2, -0.15) is 0 Å². The minimum Gasteiger partial charge on any atom is -0.336 e. The van der Waals surface area contributed by atoms with Crippen LogP contribution in [0.1, 0.15) is 52.0 Å². The van der Waals surface area contributed by atoms with Crippen molar-refractivity contribution >= 4 is 17.6 Å². The first-order valence-corrected chi connectivity index (χ1v) is 8.83. The average molecular weight is 331 g/mol. The van der Waals surface area contributed by atoms with E-state index < -0.39 is 0 Å². The summed E-state index contributed by atoms with van der Waals surface area (Å²) < 4.78 is 0. The number of hydrogen-bond donors (Lipinski definition) is 2. The van der Waals surface area contributed by atoms with Gasteiger partial charge in [-0.25, -0.2) is 4.79 Å². The average Bonchev–Trinajstić information content (AvgIpc) is 2.54. The number of nitrogens with zero attached hydrogens (tertiary/aromatic N) is 1. The van der Waals surface area contributed by atoms with Crippen LogP contribution in [0.3, 0.4) is 0 Å². The number of carbonyl (C=O) groups excluding carboxylic acids is 2. The van der Waals surface area contributed by atoms with Crippen molar-refractivity contribution in [3.05, 3.63) is 29.8 Å². The lowest BCUT2D eigenvalue weighted by Gasteiger charge is -2.32. The van der Waals surface area contributed by atoms with Crippen LogP contribution in [0.2, 0.25) is 0 Å². The number of benzene rings is 1. The summed E-state index contributed by atoms with van der Waals surface area (Å²) >= 11 is 0. The van der Waals surface area contributed by atoms with Crippen LogP contribution in [0.15, 0.2) is 24.3 Å². The van der Waals surface area contributed by atoms with E-state index in [1.54, 1.807) is 4.90 Å². The Morgan fingerprint density at radius 1 is 1.08 bits per heavy atom. The van der Waals surface area contributed by atoms with Crippen molar-refractivity contribution in [2.24, 2.45) is 5.92 Å². The van der Waals surface area contributed by atoms with Crippen LogP contribution >= 0.6 is 0 Å². The summed E-state index contributed by atoms with van der Waals surface area (Å²) in [6.45, 7) is 9.40. The van der Waals surface area contributed by atoms with E-state index in [0.717, 1.165) is 11.3 Å². The molecule has 0 aliphatic carbocycles. The molecule has 0 unspecified atom stereocenters. The van der Waals surface area contributed by atoms with Crippen LogP contribution in [-0.2, 0) is 4.79 Å². The first-order chi connectivity index (χ1) is 11.4. The molecule has 1 aliphatic rings. The van der Waals surface area contributed by atoms with Gasteiger partial charge >= 0.3 is 6.03 Å². The summed E-state index contributed by atoms with van der Waals surface area (Å²) in [7, 11) is 0. The van der Waals surface area contributed by atoms with E-state index in [1.165, 1.54) is 0 Å². The number of anilines is 1. The van der Waals surface area contributed by atoms with Crippen LogP contribution in [0.4, 0.5) is 10.5 Å². The molecular formula is C19H29N3O2. The number of para-hydroxylation sites is 1. The number of amides is 3. The highest BCUT2D eigenvalue weighted by Gasteiger charge is 2.27. The van der Waals surface area contributed by atoms with Crippen LogP contribution in [-0.4, -0.2) is 36.0 Å². The van der Waals surface area contributed by atoms with Gasteiger partial charge in [0.1, 0.15) is 0 Å². The van der Waals surface area contributed by atoms with E-state index in [1.807, 2.05) is 32.0 Å². The lowest BCUT2D eigenvalue weighted by molar-refractivity contribution is -0.121. The zero-order valence-corrected chi connectivity index (χ0v) is 15.1. The van der Waals surface area contributed by atoms with E-state index in [-0.39, 0.29) is 23.9 Å². The molecular weight excluding hydrogens is 302 g/mol. The molecule has 0 aromatic heterocycles. The fourth-order valence-electron chi connectivity index (χ4n) is 3.03. The number of carbonyl (C=O) groups is 2. The number of urea groups is 1. The van der Waals surface area contributed by atoms with Gasteiger partial charge in [0.05, 0.1) is 0 Å². The maximum atomic E-state index is 12.6. The Labute approximate surface area is 144 Å². The van der Waals surface area contributed by atoms with Gasteiger partial charge in [-0.15, -0.1) is 0 Å². The highest BCUT2D eigenvalue weighted by Crippen LogP contribution is 2.26. The van der Waals surface area contributed by atoms with E-state index in [9.17, 15) is 9.59 Å². The second kappa shape index (κ2) is 8.18. The molecule has 3 amide bonds. The molecule has 0 radical (unpaired) electrons. The van der Waals surface area contributed by atoms with Crippen molar-refractivity contribution in [1.29, 1.82) is 0 Å². The van der Waals surface area contributed by atoms with Crippen LogP contribution < -0.4 is 10.6 Å². The van der Waals surface area contributed by atoms with Crippen LogP contribution in [0, 0.1) is 5.92 Å². The molecule has 0 atom stereocenters. The Morgan fingerprint density at radius 2 is 1.71 bits per heavy atom. The van der Waals surface area contributed by atoms with Gasteiger partial charge in [-0.3, -0.25) is 4.79 Å². The monoisotopic (exact) mass is 331 g/mol. The smallest absolute Gasteiger partial charge is 0.317 e. The Kier molecular flexibility index (Phi) is 6.23. The van der Waals surface area contributed by atoms with Crippen molar-refractivity contribution < 1.29 is 9.59 Å². The van der Waals surface area contributed by atoms with E-state index in [0.29, 0.717) is 31.8 Å². The van der Waals surface area contributed by atoms with Gasteiger partial charge in [0.2, 0.25) is 5.91 Å². The maximum absolute atomic E-state index is 12.6. The molecule has 24 heavy (non-hydrogen) atoms. The molecule has 1 aromatic carbocycles. The van der Waals surface area contributed by atoms with Gasteiger partial charge in [0.25, 0.3) is 0 Å². The van der Waals surface area contributed by atoms with Crippen LogP contribution in [0.5, 0.6) is 0 Å². The molecule has 0 saturated carbocycles. The lowest BCUT2D eigenvalue weighted by atomic mass is 9.95.